The highest BCUT2D eigenvalue weighted by Gasteiger charge is 2.34. The Kier molecular flexibility index (Phi) is 3.01. The summed E-state index contributed by atoms with van der Waals surface area (Å²) in [4.78, 5) is 29.3. The van der Waals surface area contributed by atoms with Gasteiger partial charge in [0.1, 0.15) is 6.04 Å². The molecule has 7 heteroatoms. The first-order chi connectivity index (χ1) is 9.49. The van der Waals surface area contributed by atoms with Crippen molar-refractivity contribution in [1.29, 1.82) is 0 Å². The van der Waals surface area contributed by atoms with Crippen LogP contribution in [0.1, 0.15) is 18.9 Å². The standard InChI is InChI=1S/C13H13BrN4O2/c1-17-11(19)5-4-10(12(17)20)18-9-3-2-7(14)6-8(9)16-13(18)15/h2-3,6,10H,4-5H2,1H3,(H2,15,16). The third-order valence-electron chi connectivity index (χ3n) is 3.61. The van der Waals surface area contributed by atoms with Crippen LogP contribution in [0.15, 0.2) is 22.7 Å². The molecule has 6 nitrogen and oxygen atoms in total. The van der Waals surface area contributed by atoms with E-state index in [4.69, 9.17) is 5.73 Å². The minimum Gasteiger partial charge on any atom is -0.369 e. The Balaban J connectivity index is 2.12. The molecule has 1 aliphatic heterocycles. The number of likely N-dealkylation sites (tertiary alicyclic amines) is 1. The first-order valence-corrected chi connectivity index (χ1v) is 7.01. The number of imidazole rings is 1. The molecule has 0 spiro atoms. The molecule has 1 aromatic carbocycles. The molecule has 2 N–H and O–H groups in total. The molecule has 1 fully saturated rings. The summed E-state index contributed by atoms with van der Waals surface area (Å²) in [5.41, 5.74) is 7.48. The van der Waals surface area contributed by atoms with Crippen LogP contribution in [0.3, 0.4) is 0 Å². The van der Waals surface area contributed by atoms with Gasteiger partial charge in [-0.3, -0.25) is 19.1 Å². The number of nitrogens with two attached hydrogens (primary N) is 1. The smallest absolute Gasteiger partial charge is 0.252 e. The van der Waals surface area contributed by atoms with Crippen molar-refractivity contribution in [2.24, 2.45) is 0 Å². The molecule has 3 rings (SSSR count). The molecule has 0 aliphatic carbocycles. The molecule has 1 atom stereocenters. The maximum atomic E-state index is 12.3. The fraction of sp³-hybridized carbons (Fsp3) is 0.308. The van der Waals surface area contributed by atoms with Crippen molar-refractivity contribution in [3.05, 3.63) is 22.7 Å². The number of aromatic nitrogens is 2. The Hall–Kier alpha value is -1.89. The van der Waals surface area contributed by atoms with E-state index in [1.807, 2.05) is 18.2 Å². The van der Waals surface area contributed by atoms with Crippen molar-refractivity contribution in [3.63, 3.8) is 0 Å². The van der Waals surface area contributed by atoms with Crippen LogP contribution in [0.5, 0.6) is 0 Å². The van der Waals surface area contributed by atoms with Crippen molar-refractivity contribution < 1.29 is 9.59 Å². The predicted octanol–water partition coefficient (Wildman–Crippen LogP) is 1.70. The number of halogens is 1. The normalized spacial score (nSPS) is 19.9. The lowest BCUT2D eigenvalue weighted by molar-refractivity contribution is -0.149. The van der Waals surface area contributed by atoms with E-state index in [1.165, 1.54) is 7.05 Å². The molecule has 1 aliphatic rings. The van der Waals surface area contributed by atoms with Gasteiger partial charge in [0, 0.05) is 17.9 Å². The van der Waals surface area contributed by atoms with Crippen molar-refractivity contribution in [2.45, 2.75) is 18.9 Å². The van der Waals surface area contributed by atoms with Crippen LogP contribution in [0.25, 0.3) is 11.0 Å². The highest BCUT2D eigenvalue weighted by atomic mass is 79.9. The number of anilines is 1. The topological polar surface area (TPSA) is 81.2 Å². The lowest BCUT2D eigenvalue weighted by Crippen LogP contribution is -2.43. The number of nitrogen functional groups attached to an aromatic ring is 1. The number of benzene rings is 1. The van der Waals surface area contributed by atoms with E-state index in [2.05, 4.69) is 20.9 Å². The van der Waals surface area contributed by atoms with Gasteiger partial charge in [0.25, 0.3) is 5.91 Å². The molecular formula is C13H13BrN4O2. The highest BCUT2D eigenvalue weighted by Crippen LogP contribution is 2.31. The summed E-state index contributed by atoms with van der Waals surface area (Å²) in [5, 5.41) is 0. The predicted molar refractivity (Wildman–Crippen MR) is 77.9 cm³/mol. The van der Waals surface area contributed by atoms with Gasteiger partial charge in [0.15, 0.2) is 0 Å². The molecule has 2 heterocycles. The quantitative estimate of drug-likeness (QED) is 0.803. The van der Waals surface area contributed by atoms with Crippen LogP contribution < -0.4 is 5.73 Å². The van der Waals surface area contributed by atoms with Crippen molar-refractivity contribution >= 4 is 44.7 Å². The summed E-state index contributed by atoms with van der Waals surface area (Å²) in [7, 11) is 1.50. The Labute approximate surface area is 123 Å². The number of hydrogen-bond acceptors (Lipinski definition) is 4. The molecule has 1 aromatic heterocycles. The maximum Gasteiger partial charge on any atom is 0.252 e. The van der Waals surface area contributed by atoms with Crippen LogP contribution in [0.4, 0.5) is 5.95 Å². The molecule has 20 heavy (non-hydrogen) atoms. The molecule has 2 amide bonds. The molecular weight excluding hydrogens is 324 g/mol. The van der Waals surface area contributed by atoms with E-state index in [9.17, 15) is 9.59 Å². The zero-order valence-electron chi connectivity index (χ0n) is 10.8. The molecule has 0 bridgehead atoms. The maximum absolute atomic E-state index is 12.3. The van der Waals surface area contributed by atoms with Crippen LogP contribution in [0, 0.1) is 0 Å². The number of nitrogens with zero attached hydrogens (tertiary/aromatic N) is 3. The van der Waals surface area contributed by atoms with Crippen LogP contribution in [0.2, 0.25) is 0 Å². The van der Waals surface area contributed by atoms with Gasteiger partial charge < -0.3 is 5.73 Å². The summed E-state index contributed by atoms with van der Waals surface area (Å²) in [5.74, 6) is -0.105. The summed E-state index contributed by atoms with van der Waals surface area (Å²) >= 11 is 3.38. The molecule has 1 unspecified atom stereocenters. The third-order valence-corrected chi connectivity index (χ3v) is 4.11. The van der Waals surface area contributed by atoms with Crippen molar-refractivity contribution in [3.8, 4) is 0 Å². The van der Waals surface area contributed by atoms with Crippen molar-refractivity contribution in [1.82, 2.24) is 14.5 Å². The Morgan fingerprint density at radius 1 is 1.40 bits per heavy atom. The highest BCUT2D eigenvalue weighted by molar-refractivity contribution is 9.10. The average Bonchev–Trinajstić information content (AvgIpc) is 2.72. The number of amides is 2. The number of carbonyl (C=O) groups is 2. The van der Waals surface area contributed by atoms with Crippen LogP contribution >= 0.6 is 15.9 Å². The molecule has 1 saturated heterocycles. The number of hydrogen-bond donors (Lipinski definition) is 1. The Bertz CT molecular complexity index is 724. The number of carbonyl (C=O) groups excluding carboxylic acids is 2. The van der Waals surface area contributed by atoms with Crippen LogP contribution in [-0.2, 0) is 9.59 Å². The number of rotatable bonds is 1. The summed E-state index contributed by atoms with van der Waals surface area (Å²) in [6, 6.07) is 5.13. The summed E-state index contributed by atoms with van der Waals surface area (Å²) in [6.45, 7) is 0. The van der Waals surface area contributed by atoms with Gasteiger partial charge in [0.05, 0.1) is 11.0 Å². The van der Waals surface area contributed by atoms with E-state index in [0.29, 0.717) is 18.8 Å². The number of fused-ring (bicyclic) bond motifs is 1. The van der Waals surface area contributed by atoms with E-state index in [0.717, 1.165) is 20.4 Å². The largest absolute Gasteiger partial charge is 0.369 e. The fourth-order valence-corrected chi connectivity index (χ4v) is 2.90. The van der Waals surface area contributed by atoms with Gasteiger partial charge in [-0.15, -0.1) is 0 Å². The van der Waals surface area contributed by atoms with E-state index in [1.54, 1.807) is 4.57 Å². The minimum absolute atomic E-state index is 0.156. The molecule has 0 saturated carbocycles. The number of piperidine rings is 1. The van der Waals surface area contributed by atoms with E-state index < -0.39 is 6.04 Å². The third kappa shape index (κ3) is 1.89. The van der Waals surface area contributed by atoms with Gasteiger partial charge in [-0.05, 0) is 24.6 Å². The lowest BCUT2D eigenvalue weighted by Gasteiger charge is -2.29. The van der Waals surface area contributed by atoms with E-state index >= 15 is 0 Å². The SMILES string of the molecule is CN1C(=O)CCC(n2c(N)nc3cc(Br)ccc32)C1=O. The minimum atomic E-state index is -0.469. The van der Waals surface area contributed by atoms with Gasteiger partial charge in [0.2, 0.25) is 11.9 Å². The van der Waals surface area contributed by atoms with Gasteiger partial charge >= 0.3 is 0 Å². The van der Waals surface area contributed by atoms with E-state index in [-0.39, 0.29) is 11.8 Å². The second kappa shape index (κ2) is 4.59. The van der Waals surface area contributed by atoms with Gasteiger partial charge in [-0.1, -0.05) is 15.9 Å². The summed E-state index contributed by atoms with van der Waals surface area (Å²) in [6.07, 6.45) is 0.788. The summed E-state index contributed by atoms with van der Waals surface area (Å²) < 4.78 is 2.62. The lowest BCUT2D eigenvalue weighted by atomic mass is 10.0. The first-order valence-electron chi connectivity index (χ1n) is 6.22. The Morgan fingerprint density at radius 2 is 2.15 bits per heavy atom. The Morgan fingerprint density at radius 3 is 2.90 bits per heavy atom. The van der Waals surface area contributed by atoms with Crippen molar-refractivity contribution in [2.75, 3.05) is 12.8 Å². The molecule has 104 valence electrons. The van der Waals surface area contributed by atoms with Crippen LogP contribution in [-0.4, -0.2) is 33.3 Å². The zero-order chi connectivity index (χ0) is 14.4. The number of likely N-dealkylation sites (N-methyl/N-ethyl adjacent to an activating group) is 1. The second-order valence-corrected chi connectivity index (χ2v) is 5.73. The van der Waals surface area contributed by atoms with Gasteiger partial charge in [-0.25, -0.2) is 4.98 Å². The molecule has 0 radical (unpaired) electrons. The first kappa shape index (κ1) is 13.1. The fourth-order valence-electron chi connectivity index (χ4n) is 2.56. The van der Waals surface area contributed by atoms with Gasteiger partial charge in [-0.2, -0.15) is 0 Å². The zero-order valence-corrected chi connectivity index (χ0v) is 12.4. The monoisotopic (exact) mass is 336 g/mol. The molecule has 2 aromatic rings. The average molecular weight is 337 g/mol. The second-order valence-electron chi connectivity index (χ2n) is 4.82. The number of imide groups is 1.